The van der Waals surface area contributed by atoms with E-state index in [-0.39, 0.29) is 41.2 Å². The van der Waals surface area contributed by atoms with Crippen molar-refractivity contribution in [2.75, 3.05) is 33.1 Å². The molecule has 4 amide bonds. The lowest BCUT2D eigenvalue weighted by molar-refractivity contribution is -0.224. The number of nitrogens with zero attached hydrogens (tertiary/aromatic N) is 3. The number of ether oxygens (including phenoxy) is 2. The number of halogens is 4. The van der Waals surface area contributed by atoms with Gasteiger partial charge in [-0.1, -0.05) is 30.3 Å². The maximum absolute atomic E-state index is 14.8. The van der Waals surface area contributed by atoms with Gasteiger partial charge in [0.05, 0.1) is 12.7 Å². The molecular weight excluding hydrogens is 815 g/mol. The van der Waals surface area contributed by atoms with Crippen LogP contribution in [0, 0.1) is 18.8 Å². The summed E-state index contributed by atoms with van der Waals surface area (Å²) in [6, 6.07) is 17.3. The number of H-pyrrole nitrogens is 1. The maximum Gasteiger partial charge on any atom is 0.407 e. The number of aromatic nitrogens is 3. The van der Waals surface area contributed by atoms with Crippen molar-refractivity contribution in [2.45, 2.75) is 83.3 Å². The van der Waals surface area contributed by atoms with Crippen LogP contribution < -0.4 is 16.0 Å². The Hall–Kier alpha value is -6.33. The Morgan fingerprint density at radius 2 is 1.52 bits per heavy atom. The molecule has 0 saturated heterocycles. The van der Waals surface area contributed by atoms with E-state index in [0.29, 0.717) is 42.7 Å². The molecule has 4 N–H and O–H groups in total. The second-order valence-corrected chi connectivity index (χ2v) is 16.5. The highest BCUT2D eigenvalue weighted by Gasteiger charge is 2.65. The Kier molecular flexibility index (Phi) is 14.4. The summed E-state index contributed by atoms with van der Waals surface area (Å²) < 4.78 is 68.6. The van der Waals surface area contributed by atoms with Crippen molar-refractivity contribution in [2.24, 2.45) is 11.8 Å². The van der Waals surface area contributed by atoms with Crippen molar-refractivity contribution >= 4 is 35.5 Å². The van der Waals surface area contributed by atoms with Gasteiger partial charge in [-0.3, -0.25) is 19.5 Å². The van der Waals surface area contributed by atoms with Crippen molar-refractivity contribution < 1.29 is 51.0 Å². The summed E-state index contributed by atoms with van der Waals surface area (Å²) >= 11 is 0. The molecule has 62 heavy (non-hydrogen) atoms. The van der Waals surface area contributed by atoms with Gasteiger partial charge >= 0.3 is 23.9 Å². The van der Waals surface area contributed by atoms with E-state index >= 15 is 0 Å². The van der Waals surface area contributed by atoms with Crippen LogP contribution in [0.25, 0.3) is 22.5 Å². The highest BCUT2D eigenvalue weighted by molar-refractivity contribution is 5.98. The molecule has 1 atom stereocenters. The van der Waals surface area contributed by atoms with Gasteiger partial charge in [0.25, 0.3) is 5.91 Å². The average molecular weight is 866 g/mol. The quantitative estimate of drug-likeness (QED) is 0.0762. The number of rotatable bonds is 14. The number of carbonyl (C=O) groups excluding carboxylic acids is 5. The minimum atomic E-state index is -5.10. The smallest absolute Gasteiger partial charge is 0.407 e. The molecule has 3 aromatic carbocycles. The normalized spacial score (nSPS) is 16.1. The van der Waals surface area contributed by atoms with Crippen molar-refractivity contribution in [1.82, 2.24) is 30.7 Å². The average Bonchev–Trinajstić information content (AvgIpc) is 3.73. The molecule has 0 bridgehead atoms. The zero-order valence-electron chi connectivity index (χ0n) is 35.5. The van der Waals surface area contributed by atoms with Crippen molar-refractivity contribution in [3.05, 3.63) is 89.2 Å². The van der Waals surface area contributed by atoms with Gasteiger partial charge in [-0.2, -0.15) is 22.7 Å². The van der Waals surface area contributed by atoms with Crippen molar-refractivity contribution in [3.63, 3.8) is 0 Å². The second kappa shape index (κ2) is 19.2. The number of aryl methyl sites for hydroxylation is 1. The van der Waals surface area contributed by atoms with Crippen LogP contribution in [-0.2, 0) is 36.2 Å². The first-order valence-electron chi connectivity index (χ1n) is 20.0. The first kappa shape index (κ1) is 46.7. The molecule has 14 nitrogen and oxygen atoms in total. The Labute approximate surface area is 356 Å². The van der Waals surface area contributed by atoms with Gasteiger partial charge in [0.2, 0.25) is 17.6 Å². The summed E-state index contributed by atoms with van der Waals surface area (Å²) in [5.74, 6) is -15.6. The summed E-state index contributed by atoms with van der Waals surface area (Å²) in [5, 5.41) is 14.0. The number of hydrogen-bond acceptors (Lipinski definition) is 9. The van der Waals surface area contributed by atoms with Crippen LogP contribution in [0.2, 0.25) is 0 Å². The molecular formula is C44H51F4N7O7. The summed E-state index contributed by atoms with van der Waals surface area (Å²) in [6.07, 6.45) is 2.06. The van der Waals surface area contributed by atoms with Crippen LogP contribution in [0.4, 0.5) is 28.0 Å². The third-order valence-corrected chi connectivity index (χ3v) is 10.4. The lowest BCUT2D eigenvalue weighted by Crippen LogP contribution is -2.50. The van der Waals surface area contributed by atoms with E-state index in [9.17, 15) is 41.5 Å². The highest BCUT2D eigenvalue weighted by Crippen LogP contribution is 2.43. The molecule has 1 aliphatic carbocycles. The molecule has 0 unspecified atom stereocenters. The van der Waals surface area contributed by atoms with Crippen LogP contribution in [0.1, 0.15) is 73.8 Å². The minimum Gasteiger partial charge on any atom is -0.465 e. The standard InChI is InChI=1S/C44H51F4N7O7/c1-25-22-31(38(58)61-7)18-21-33(25)28-12-8-26(9-13-28)23-34(51-36(56)30-14-10-27(11-15-30)24-49-41(60)62-42(2,3)4)37(57)50-32-19-16-29(17-20-32)35-52-39(54-53-35)43(45,46)44(47,48)40(59)55(5)6/h8-9,12-13,16-22,27,30,34H,10-11,14-15,23-24H2,1-7H3,(H,49,60)(H,50,57)(H,51,56)(H,52,53,54)/t27?,30?,34-/m0/s1. The van der Waals surface area contributed by atoms with Crippen LogP contribution >= 0.6 is 0 Å². The van der Waals surface area contributed by atoms with Crippen LogP contribution in [0.5, 0.6) is 0 Å². The summed E-state index contributed by atoms with van der Waals surface area (Å²) in [4.78, 5) is 67.5. The second-order valence-electron chi connectivity index (χ2n) is 16.5. The molecule has 0 radical (unpaired) electrons. The van der Waals surface area contributed by atoms with Gasteiger partial charge in [-0.15, -0.1) is 0 Å². The number of esters is 1. The fourth-order valence-corrected chi connectivity index (χ4v) is 6.99. The number of nitrogens with one attached hydrogen (secondary N) is 4. The molecule has 332 valence electrons. The van der Waals surface area contributed by atoms with E-state index < -0.39 is 53.2 Å². The summed E-state index contributed by atoms with van der Waals surface area (Å²) in [6.45, 7) is 7.63. The summed E-state index contributed by atoms with van der Waals surface area (Å²) in [5.41, 5.74) is 3.54. The molecule has 18 heteroatoms. The highest BCUT2D eigenvalue weighted by atomic mass is 19.3. The number of methoxy groups -OCH3 is 1. The van der Waals surface area contributed by atoms with Gasteiger partial charge in [0.15, 0.2) is 5.82 Å². The van der Waals surface area contributed by atoms with E-state index in [0.717, 1.165) is 36.3 Å². The van der Waals surface area contributed by atoms with Gasteiger partial charge in [0, 0.05) is 44.2 Å². The molecule has 4 aromatic rings. The lowest BCUT2D eigenvalue weighted by atomic mass is 9.81. The van der Waals surface area contributed by atoms with Crippen molar-refractivity contribution in [3.8, 4) is 22.5 Å². The molecule has 1 aliphatic rings. The number of alkyl halides is 4. The SMILES string of the molecule is COC(=O)c1ccc(-c2ccc(C[C@H](NC(=O)C3CCC(CNC(=O)OC(C)(C)C)CC3)C(=O)Nc3ccc(-c4n[nH]c(C(F)(F)C(F)(F)C(=O)N(C)C)n4)cc3)cc2)c(C)c1. The van der Waals surface area contributed by atoms with Crippen LogP contribution in [0.3, 0.4) is 0 Å². The topological polar surface area (TPSA) is 185 Å². The Bertz CT molecular complexity index is 2250. The number of carbonyl (C=O) groups is 5. The van der Waals surface area contributed by atoms with E-state index in [1.807, 2.05) is 42.4 Å². The van der Waals surface area contributed by atoms with E-state index in [4.69, 9.17) is 9.47 Å². The minimum absolute atomic E-state index is 0.112. The molecule has 1 heterocycles. The number of amides is 4. The van der Waals surface area contributed by atoms with Gasteiger partial charge in [0.1, 0.15) is 11.6 Å². The van der Waals surface area contributed by atoms with Crippen LogP contribution in [-0.4, -0.2) is 95.2 Å². The molecule has 1 fully saturated rings. The number of anilines is 1. The monoisotopic (exact) mass is 865 g/mol. The zero-order chi connectivity index (χ0) is 45.6. The number of benzene rings is 3. The third kappa shape index (κ3) is 11.3. The Morgan fingerprint density at radius 3 is 2.10 bits per heavy atom. The summed E-state index contributed by atoms with van der Waals surface area (Å²) in [7, 11) is 3.16. The third-order valence-electron chi connectivity index (χ3n) is 10.4. The fraction of sp³-hybridized carbons (Fsp3) is 0.432. The largest absolute Gasteiger partial charge is 0.465 e. The number of aromatic amines is 1. The molecule has 0 aliphatic heterocycles. The van der Waals surface area contributed by atoms with Crippen molar-refractivity contribution in [1.29, 1.82) is 0 Å². The van der Waals surface area contributed by atoms with Crippen LogP contribution in [0.15, 0.2) is 66.7 Å². The molecule has 5 rings (SSSR count). The lowest BCUT2D eigenvalue weighted by Gasteiger charge is -2.29. The predicted molar refractivity (Wildman–Crippen MR) is 221 cm³/mol. The van der Waals surface area contributed by atoms with Gasteiger partial charge in [-0.05, 0) is 118 Å². The Balaban J connectivity index is 1.29. The first-order chi connectivity index (χ1) is 29.1. The molecule has 0 spiro atoms. The molecule has 1 aromatic heterocycles. The van der Waals surface area contributed by atoms with E-state index in [2.05, 4.69) is 26.0 Å². The maximum atomic E-state index is 14.8. The first-order valence-corrected chi connectivity index (χ1v) is 20.0. The zero-order valence-corrected chi connectivity index (χ0v) is 35.5. The molecule has 1 saturated carbocycles. The van der Waals surface area contributed by atoms with Gasteiger partial charge in [-0.25, -0.2) is 14.6 Å². The van der Waals surface area contributed by atoms with E-state index in [1.54, 1.807) is 32.9 Å². The number of hydrogen-bond donors (Lipinski definition) is 4. The van der Waals surface area contributed by atoms with Gasteiger partial charge < -0.3 is 30.3 Å². The predicted octanol–water partition coefficient (Wildman–Crippen LogP) is 7.05. The number of alkyl carbamates (subject to hydrolysis) is 1. The fourth-order valence-electron chi connectivity index (χ4n) is 6.99. The Morgan fingerprint density at radius 1 is 0.887 bits per heavy atom. The van der Waals surface area contributed by atoms with E-state index in [1.165, 1.54) is 31.4 Å².